The Hall–Kier alpha value is -2.23. The topological polar surface area (TPSA) is 63.7 Å². The van der Waals surface area contributed by atoms with Gasteiger partial charge in [-0.1, -0.05) is 24.3 Å². The molecule has 0 amide bonds. The van der Waals surface area contributed by atoms with Gasteiger partial charge in [-0.05, 0) is 39.0 Å². The Balaban J connectivity index is 1.69. The summed E-state index contributed by atoms with van der Waals surface area (Å²) in [7, 11) is 7.36. The number of hydrogen-bond acceptors (Lipinski definition) is 8. The van der Waals surface area contributed by atoms with Gasteiger partial charge in [0, 0.05) is 42.4 Å². The van der Waals surface area contributed by atoms with Gasteiger partial charge in [-0.3, -0.25) is 9.63 Å². The number of hydrogen-bond donors (Lipinski definition) is 0. The molecule has 0 radical (unpaired) electrons. The van der Waals surface area contributed by atoms with Crippen LogP contribution in [-0.2, 0) is 23.9 Å². The molecule has 3 atom stereocenters. The van der Waals surface area contributed by atoms with Crippen LogP contribution in [0.15, 0.2) is 41.9 Å². The van der Waals surface area contributed by atoms with Crippen LogP contribution in [0.2, 0.25) is 0 Å². The van der Waals surface area contributed by atoms with Gasteiger partial charge in [-0.25, -0.2) is 4.84 Å². The Morgan fingerprint density at radius 1 is 1.26 bits per heavy atom. The fraction of sp³-hybridized carbons (Fsp3) is 0.522. The number of carbonyl (C=O) groups is 1. The zero-order valence-electron chi connectivity index (χ0n) is 18.5. The summed E-state index contributed by atoms with van der Waals surface area (Å²) in [5.74, 6) is 0.834. The first-order valence-electron chi connectivity index (χ1n) is 10.6. The number of Topliss-reactive ketones (excluding diaryl/α,β-unsaturated/α-hetero) is 1. The Morgan fingerprint density at radius 2 is 2.06 bits per heavy atom. The third kappa shape index (κ3) is 2.97. The molecule has 1 spiro atoms. The molecule has 1 aromatic rings. The number of methoxy groups -OCH3 is 1. The first-order valence-corrected chi connectivity index (χ1v) is 10.6. The highest BCUT2D eigenvalue weighted by atomic mass is 16.8. The highest BCUT2D eigenvalue weighted by Gasteiger charge is 2.60. The van der Waals surface area contributed by atoms with Crippen LogP contribution in [-0.4, -0.2) is 68.0 Å². The second-order valence-electron chi connectivity index (χ2n) is 8.72. The number of fused-ring (bicyclic) bond motifs is 3. The van der Waals surface area contributed by atoms with Gasteiger partial charge in [0.1, 0.15) is 11.3 Å². The first-order chi connectivity index (χ1) is 15.0. The van der Waals surface area contributed by atoms with Crippen LogP contribution in [0.4, 0.5) is 0 Å². The van der Waals surface area contributed by atoms with Crippen molar-refractivity contribution < 1.29 is 23.9 Å². The van der Waals surface area contributed by atoms with Crippen molar-refractivity contribution in [3.05, 3.63) is 53.0 Å². The van der Waals surface area contributed by atoms with Crippen molar-refractivity contribution in [3.8, 4) is 0 Å². The molecule has 166 valence electrons. The zero-order chi connectivity index (χ0) is 21.8. The zero-order valence-corrected chi connectivity index (χ0v) is 18.5. The summed E-state index contributed by atoms with van der Waals surface area (Å²) in [6.45, 7) is 1.00. The number of ketones is 1. The van der Waals surface area contributed by atoms with Crippen molar-refractivity contribution in [1.82, 2.24) is 15.0 Å². The molecule has 1 aromatic carbocycles. The molecular weight excluding hydrogens is 398 g/mol. The molecule has 5 rings (SSSR count). The van der Waals surface area contributed by atoms with E-state index in [4.69, 9.17) is 19.1 Å². The summed E-state index contributed by atoms with van der Waals surface area (Å²) >= 11 is 0. The monoisotopic (exact) mass is 427 g/mol. The summed E-state index contributed by atoms with van der Waals surface area (Å²) in [5.41, 5.74) is 3.23. The summed E-state index contributed by atoms with van der Waals surface area (Å²) in [6.07, 6.45) is 3.19. The second kappa shape index (κ2) is 7.72. The molecule has 3 aliphatic heterocycles. The van der Waals surface area contributed by atoms with Crippen LogP contribution in [0.1, 0.15) is 36.6 Å². The molecule has 2 fully saturated rings. The third-order valence-corrected chi connectivity index (χ3v) is 6.82. The Morgan fingerprint density at radius 3 is 2.81 bits per heavy atom. The minimum Gasteiger partial charge on any atom is -0.448 e. The Bertz CT molecular complexity index is 958. The lowest BCUT2D eigenvalue weighted by Gasteiger charge is -2.55. The predicted molar refractivity (Wildman–Crippen MR) is 113 cm³/mol. The van der Waals surface area contributed by atoms with Crippen LogP contribution < -0.4 is 0 Å². The van der Waals surface area contributed by atoms with E-state index in [1.807, 2.05) is 43.6 Å². The van der Waals surface area contributed by atoms with E-state index in [9.17, 15) is 4.79 Å². The highest BCUT2D eigenvalue weighted by Crippen LogP contribution is 2.58. The number of carbonyl (C=O) groups excluding carboxylic acids is 1. The van der Waals surface area contributed by atoms with E-state index >= 15 is 0 Å². The van der Waals surface area contributed by atoms with E-state index in [2.05, 4.69) is 11.0 Å². The van der Waals surface area contributed by atoms with Crippen molar-refractivity contribution in [2.24, 2.45) is 5.92 Å². The molecule has 0 N–H and O–H groups in total. The average Bonchev–Trinajstić information content (AvgIpc) is 3.23. The van der Waals surface area contributed by atoms with Crippen molar-refractivity contribution >= 4 is 11.4 Å². The van der Waals surface area contributed by atoms with Crippen LogP contribution >= 0.6 is 0 Å². The summed E-state index contributed by atoms with van der Waals surface area (Å²) in [5, 5.41) is 3.54. The molecule has 3 heterocycles. The number of rotatable bonds is 5. The lowest BCUT2D eigenvalue weighted by Crippen LogP contribution is -2.60. The number of hydroxylamine groups is 4. The molecule has 1 aliphatic carbocycles. The SMILES string of the molecule is COC1c2ccccc2C2=CN3OCOC3=C3CC(CCN(C)C)C(=O)CC23N1OC. The van der Waals surface area contributed by atoms with Gasteiger partial charge in [0.05, 0.1) is 7.11 Å². The lowest BCUT2D eigenvalue weighted by molar-refractivity contribution is -0.272. The Labute approximate surface area is 182 Å². The predicted octanol–water partition coefficient (Wildman–Crippen LogP) is 2.67. The molecule has 8 heteroatoms. The standard InChI is InChI=1S/C23H29N3O5/c1-24(2)10-9-15-11-18-22-25(31-14-30-22)13-19-16-7-5-6-8-17(16)21(28-3)26(29-4)23(18,19)12-20(15)27/h5-8,13,15,21H,9-12,14H2,1-4H3. The largest absolute Gasteiger partial charge is 0.448 e. The molecule has 4 aliphatic rings. The van der Waals surface area contributed by atoms with Gasteiger partial charge in [0.25, 0.3) is 0 Å². The van der Waals surface area contributed by atoms with Crippen LogP contribution in [0.25, 0.3) is 5.57 Å². The van der Waals surface area contributed by atoms with Crippen molar-refractivity contribution in [2.75, 3.05) is 41.7 Å². The van der Waals surface area contributed by atoms with Crippen LogP contribution in [0.5, 0.6) is 0 Å². The highest BCUT2D eigenvalue weighted by molar-refractivity contribution is 5.93. The summed E-state index contributed by atoms with van der Waals surface area (Å²) < 4.78 is 11.8. The Kier molecular flexibility index (Phi) is 5.15. The molecule has 1 saturated carbocycles. The number of nitrogens with zero attached hydrogens (tertiary/aromatic N) is 3. The van der Waals surface area contributed by atoms with E-state index < -0.39 is 11.8 Å². The quantitative estimate of drug-likeness (QED) is 0.711. The molecular formula is C23H29N3O5. The lowest BCUT2D eigenvalue weighted by atomic mass is 9.63. The van der Waals surface area contributed by atoms with E-state index in [1.165, 1.54) is 0 Å². The van der Waals surface area contributed by atoms with Gasteiger partial charge in [0.15, 0.2) is 6.23 Å². The maximum atomic E-state index is 13.5. The normalized spacial score (nSPS) is 29.9. The maximum Gasteiger partial charge on any atom is 0.221 e. The van der Waals surface area contributed by atoms with Gasteiger partial charge < -0.3 is 14.4 Å². The van der Waals surface area contributed by atoms with E-state index in [0.717, 1.165) is 35.2 Å². The van der Waals surface area contributed by atoms with Crippen LogP contribution in [0.3, 0.4) is 0 Å². The van der Waals surface area contributed by atoms with E-state index in [1.54, 1.807) is 19.3 Å². The molecule has 1 saturated heterocycles. The van der Waals surface area contributed by atoms with Crippen molar-refractivity contribution in [3.63, 3.8) is 0 Å². The fourth-order valence-electron chi connectivity index (χ4n) is 5.41. The number of ether oxygens (including phenoxy) is 2. The van der Waals surface area contributed by atoms with Crippen LogP contribution in [0, 0.1) is 5.92 Å². The summed E-state index contributed by atoms with van der Waals surface area (Å²) in [4.78, 5) is 27.3. The first kappa shape index (κ1) is 20.7. The minimum absolute atomic E-state index is 0.0715. The van der Waals surface area contributed by atoms with E-state index in [0.29, 0.717) is 18.7 Å². The molecule has 8 nitrogen and oxygen atoms in total. The van der Waals surface area contributed by atoms with E-state index in [-0.39, 0.29) is 18.5 Å². The van der Waals surface area contributed by atoms with Gasteiger partial charge in [-0.2, -0.15) is 5.06 Å². The second-order valence-corrected chi connectivity index (χ2v) is 8.72. The van der Waals surface area contributed by atoms with Crippen molar-refractivity contribution in [1.29, 1.82) is 0 Å². The molecule has 3 unspecified atom stereocenters. The minimum atomic E-state index is -0.797. The maximum absolute atomic E-state index is 13.5. The number of benzene rings is 1. The molecule has 0 bridgehead atoms. The van der Waals surface area contributed by atoms with Crippen molar-refractivity contribution in [2.45, 2.75) is 31.0 Å². The smallest absolute Gasteiger partial charge is 0.221 e. The molecule has 0 aromatic heterocycles. The van der Waals surface area contributed by atoms with Gasteiger partial charge in [0.2, 0.25) is 12.7 Å². The fourth-order valence-corrected chi connectivity index (χ4v) is 5.41. The third-order valence-electron chi connectivity index (χ3n) is 6.82. The molecule has 31 heavy (non-hydrogen) atoms. The average molecular weight is 428 g/mol. The van der Waals surface area contributed by atoms with Gasteiger partial charge >= 0.3 is 0 Å². The van der Waals surface area contributed by atoms with Gasteiger partial charge in [-0.15, -0.1) is 5.06 Å². The summed E-state index contributed by atoms with van der Waals surface area (Å²) in [6, 6.07) is 8.10.